The number of likely N-dealkylation sites (tertiary alicyclic amines) is 1. The van der Waals surface area contributed by atoms with Crippen molar-refractivity contribution in [3.8, 4) is 0 Å². The number of benzene rings is 2. The minimum atomic E-state index is -0.563. The molecule has 0 radical (unpaired) electrons. The number of ether oxygens (including phenoxy) is 1. The average molecular weight is 466 g/mol. The van der Waals surface area contributed by atoms with E-state index >= 15 is 0 Å². The van der Waals surface area contributed by atoms with Crippen LogP contribution in [0.15, 0.2) is 24.3 Å². The zero-order valence-electron chi connectivity index (χ0n) is 21.1. The first-order valence-electron chi connectivity index (χ1n) is 12.4. The second-order valence-corrected chi connectivity index (χ2v) is 10.4. The van der Waals surface area contributed by atoms with Crippen LogP contribution in [0.5, 0.6) is 0 Å². The van der Waals surface area contributed by atoms with Crippen LogP contribution in [0.1, 0.15) is 46.2 Å². The van der Waals surface area contributed by atoms with Crippen LogP contribution in [0.3, 0.4) is 0 Å². The molecule has 5 nitrogen and oxygen atoms in total. The summed E-state index contributed by atoms with van der Waals surface area (Å²) in [6.45, 7) is 15.7. The molecule has 0 bridgehead atoms. The molecule has 1 unspecified atom stereocenters. The van der Waals surface area contributed by atoms with E-state index in [2.05, 4.69) is 44.4 Å². The number of rotatable bonds is 5. The van der Waals surface area contributed by atoms with E-state index in [0.29, 0.717) is 13.2 Å². The van der Waals surface area contributed by atoms with E-state index in [4.69, 9.17) is 4.74 Å². The van der Waals surface area contributed by atoms with Crippen molar-refractivity contribution in [2.24, 2.45) is 0 Å². The number of piperidine rings is 1. The van der Waals surface area contributed by atoms with Gasteiger partial charge in [0.1, 0.15) is 11.4 Å². The van der Waals surface area contributed by atoms with Crippen LogP contribution in [-0.2, 0) is 16.1 Å². The SMILES string of the molecule is Cc1c(C)c(C)c(CN2CCC3(CC2)C(=O)N(CC2CO2)CN3c2ccc(F)cc2)c(C)c1C. The summed E-state index contributed by atoms with van der Waals surface area (Å²) in [6.07, 6.45) is 1.70. The van der Waals surface area contributed by atoms with Crippen molar-refractivity contribution in [2.45, 2.75) is 65.6 Å². The summed E-state index contributed by atoms with van der Waals surface area (Å²) in [7, 11) is 0. The molecule has 3 heterocycles. The predicted molar refractivity (Wildman–Crippen MR) is 133 cm³/mol. The number of hydrogen-bond acceptors (Lipinski definition) is 4. The molecule has 3 fully saturated rings. The Hall–Kier alpha value is -2.44. The molecule has 1 amide bonds. The van der Waals surface area contributed by atoms with Crippen LogP contribution in [0.25, 0.3) is 0 Å². The molecule has 2 aromatic rings. The topological polar surface area (TPSA) is 39.3 Å². The molecule has 2 aromatic carbocycles. The maximum absolute atomic E-state index is 13.7. The van der Waals surface area contributed by atoms with Crippen molar-refractivity contribution in [3.63, 3.8) is 0 Å². The summed E-state index contributed by atoms with van der Waals surface area (Å²) in [5, 5.41) is 0. The second kappa shape index (κ2) is 8.65. The molecule has 34 heavy (non-hydrogen) atoms. The Bertz CT molecular complexity index is 1070. The first-order chi connectivity index (χ1) is 16.2. The van der Waals surface area contributed by atoms with Gasteiger partial charge in [-0.2, -0.15) is 0 Å². The van der Waals surface area contributed by atoms with Gasteiger partial charge in [-0.25, -0.2) is 4.39 Å². The van der Waals surface area contributed by atoms with Gasteiger partial charge < -0.3 is 14.5 Å². The van der Waals surface area contributed by atoms with E-state index in [9.17, 15) is 9.18 Å². The largest absolute Gasteiger partial charge is 0.371 e. The van der Waals surface area contributed by atoms with Gasteiger partial charge in [-0.05, 0) is 105 Å². The summed E-state index contributed by atoms with van der Waals surface area (Å²) < 4.78 is 19.0. The van der Waals surface area contributed by atoms with E-state index in [1.54, 1.807) is 12.1 Å². The van der Waals surface area contributed by atoms with Gasteiger partial charge in [0.25, 0.3) is 0 Å². The highest BCUT2D eigenvalue weighted by molar-refractivity contribution is 5.93. The quantitative estimate of drug-likeness (QED) is 0.614. The van der Waals surface area contributed by atoms with Crippen molar-refractivity contribution in [3.05, 3.63) is 63.5 Å². The minimum Gasteiger partial charge on any atom is -0.371 e. The summed E-state index contributed by atoms with van der Waals surface area (Å²) in [6, 6.07) is 6.59. The molecule has 0 N–H and O–H groups in total. The van der Waals surface area contributed by atoms with Gasteiger partial charge in [-0.3, -0.25) is 9.69 Å². The number of amides is 1. The van der Waals surface area contributed by atoms with Crippen molar-refractivity contribution in [1.29, 1.82) is 0 Å². The Kier molecular flexibility index (Phi) is 5.93. The third kappa shape index (κ3) is 3.91. The molecule has 1 spiro atoms. The van der Waals surface area contributed by atoms with Crippen molar-refractivity contribution in [1.82, 2.24) is 9.80 Å². The minimum absolute atomic E-state index is 0.160. The molecule has 0 aromatic heterocycles. The lowest BCUT2D eigenvalue weighted by molar-refractivity contribution is -0.133. The third-order valence-corrected chi connectivity index (χ3v) is 8.70. The lowest BCUT2D eigenvalue weighted by Gasteiger charge is -2.43. The Morgan fingerprint density at radius 2 is 1.50 bits per heavy atom. The molecule has 3 aliphatic heterocycles. The van der Waals surface area contributed by atoms with E-state index in [-0.39, 0.29) is 17.8 Å². The first kappa shape index (κ1) is 23.3. The lowest BCUT2D eigenvalue weighted by atomic mass is 9.84. The first-order valence-corrected chi connectivity index (χ1v) is 12.4. The molecular formula is C28H36FN3O2. The highest BCUT2D eigenvalue weighted by Gasteiger charge is 2.54. The molecular weight excluding hydrogens is 429 g/mol. The number of carbonyl (C=O) groups is 1. The number of anilines is 1. The molecule has 0 saturated carbocycles. The van der Waals surface area contributed by atoms with Crippen molar-refractivity contribution < 1.29 is 13.9 Å². The van der Waals surface area contributed by atoms with Crippen LogP contribution in [-0.4, -0.2) is 60.3 Å². The van der Waals surface area contributed by atoms with Crippen molar-refractivity contribution in [2.75, 3.05) is 37.8 Å². The summed E-state index contributed by atoms with van der Waals surface area (Å²) in [5.41, 5.74) is 8.73. The Balaban J connectivity index is 1.38. The number of epoxide rings is 1. The van der Waals surface area contributed by atoms with Crippen LogP contribution >= 0.6 is 0 Å². The standard InChI is InChI=1S/C28H36FN3O2/c1-18-19(2)21(4)26(22(5)20(18)3)15-30-12-10-28(11-13-30)27(33)31(14-25-16-34-25)17-32(28)24-8-6-23(29)7-9-24/h6-9,25H,10-17H2,1-5H3. The van der Waals surface area contributed by atoms with Gasteiger partial charge in [0.15, 0.2) is 0 Å². The summed E-state index contributed by atoms with van der Waals surface area (Å²) >= 11 is 0. The third-order valence-electron chi connectivity index (χ3n) is 8.70. The predicted octanol–water partition coefficient (Wildman–Crippen LogP) is 4.41. The monoisotopic (exact) mass is 465 g/mol. The molecule has 182 valence electrons. The fraction of sp³-hybridized carbons (Fsp3) is 0.536. The highest BCUT2D eigenvalue weighted by Crippen LogP contribution is 2.40. The number of halogens is 1. The fourth-order valence-electron chi connectivity index (χ4n) is 5.89. The normalized spacial score (nSPS) is 22.2. The van der Waals surface area contributed by atoms with Crippen LogP contribution in [0.2, 0.25) is 0 Å². The molecule has 6 heteroatoms. The van der Waals surface area contributed by atoms with E-state index in [1.165, 1.54) is 45.5 Å². The Labute approximate surface area is 202 Å². The average Bonchev–Trinajstić information content (AvgIpc) is 3.62. The van der Waals surface area contributed by atoms with E-state index < -0.39 is 5.54 Å². The van der Waals surface area contributed by atoms with Crippen LogP contribution < -0.4 is 4.90 Å². The molecule has 3 saturated heterocycles. The van der Waals surface area contributed by atoms with Gasteiger partial charge in [-0.15, -0.1) is 0 Å². The lowest BCUT2D eigenvalue weighted by Crippen LogP contribution is -2.56. The van der Waals surface area contributed by atoms with Crippen LogP contribution in [0, 0.1) is 40.4 Å². The molecule has 5 rings (SSSR count). The molecule has 0 aliphatic carbocycles. The highest BCUT2D eigenvalue weighted by atomic mass is 19.1. The van der Waals surface area contributed by atoms with Gasteiger partial charge in [-0.1, -0.05) is 0 Å². The summed E-state index contributed by atoms with van der Waals surface area (Å²) in [4.78, 5) is 20.4. The van der Waals surface area contributed by atoms with Gasteiger partial charge in [0.2, 0.25) is 5.91 Å². The maximum Gasteiger partial charge on any atom is 0.250 e. The van der Waals surface area contributed by atoms with E-state index in [0.717, 1.165) is 44.8 Å². The zero-order valence-corrected chi connectivity index (χ0v) is 21.1. The Morgan fingerprint density at radius 3 is 2.06 bits per heavy atom. The molecule has 3 aliphatic rings. The zero-order chi connectivity index (χ0) is 24.2. The second-order valence-electron chi connectivity index (χ2n) is 10.4. The van der Waals surface area contributed by atoms with E-state index in [1.807, 2.05) is 4.90 Å². The van der Waals surface area contributed by atoms with Gasteiger partial charge >= 0.3 is 0 Å². The van der Waals surface area contributed by atoms with Crippen molar-refractivity contribution >= 4 is 11.6 Å². The van der Waals surface area contributed by atoms with Crippen LogP contribution in [0.4, 0.5) is 10.1 Å². The number of carbonyl (C=O) groups excluding carboxylic acids is 1. The van der Waals surface area contributed by atoms with Gasteiger partial charge in [0, 0.05) is 25.3 Å². The van der Waals surface area contributed by atoms with Gasteiger partial charge in [0.05, 0.1) is 25.9 Å². The smallest absolute Gasteiger partial charge is 0.250 e. The number of nitrogens with zero attached hydrogens (tertiary/aromatic N) is 3. The fourth-order valence-corrected chi connectivity index (χ4v) is 5.89. The Morgan fingerprint density at radius 1 is 0.941 bits per heavy atom. The maximum atomic E-state index is 13.7. The number of hydrogen-bond donors (Lipinski definition) is 0. The molecule has 1 atom stereocenters. The summed E-state index contributed by atoms with van der Waals surface area (Å²) in [5.74, 6) is -0.0582.